The van der Waals surface area contributed by atoms with Crippen LogP contribution in [-0.2, 0) is 23.8 Å². The number of ether oxygens (including phenoxy) is 1. The van der Waals surface area contributed by atoms with E-state index in [-0.39, 0.29) is 12.3 Å². The van der Waals surface area contributed by atoms with Crippen molar-refractivity contribution in [2.45, 2.75) is 26.4 Å². The maximum Gasteiger partial charge on any atom is 0.308 e. The Morgan fingerprint density at radius 2 is 1.86 bits per heavy atom. The van der Waals surface area contributed by atoms with Crippen LogP contribution in [0.5, 0.6) is 0 Å². The zero-order valence-corrected chi connectivity index (χ0v) is 9.63. The van der Waals surface area contributed by atoms with Crippen LogP contribution in [-0.4, -0.2) is 33.9 Å². The summed E-state index contributed by atoms with van der Waals surface area (Å²) >= 11 is 0. The van der Waals surface area contributed by atoms with Gasteiger partial charge < -0.3 is 4.74 Å². The highest BCUT2D eigenvalue weighted by molar-refractivity contribution is 7.86. The average molecular weight is 224 g/mol. The van der Waals surface area contributed by atoms with Gasteiger partial charge in [0.25, 0.3) is 10.1 Å². The number of carbonyl (C=O) groups excluding carboxylic acids is 1. The summed E-state index contributed by atoms with van der Waals surface area (Å²) in [4.78, 5) is 10.9. The summed E-state index contributed by atoms with van der Waals surface area (Å²) in [6.07, 6.45) is 0.249. The standard InChI is InChI=1S/C8H16O5S/c1-6(2)7(5-8(9)12-3)13-14(4,10)11/h6-7H,5H2,1-4H3/t7-/m0/s1. The number of esters is 1. The summed E-state index contributed by atoms with van der Waals surface area (Å²) < 4.78 is 30.9. The highest BCUT2D eigenvalue weighted by Crippen LogP contribution is 2.13. The number of rotatable bonds is 5. The SMILES string of the molecule is COC(=O)C[C@H](OS(C)(=O)=O)C(C)C. The van der Waals surface area contributed by atoms with Crippen LogP contribution >= 0.6 is 0 Å². The van der Waals surface area contributed by atoms with Crippen LogP contribution in [0.2, 0.25) is 0 Å². The summed E-state index contributed by atoms with van der Waals surface area (Å²) in [7, 11) is -2.28. The summed E-state index contributed by atoms with van der Waals surface area (Å²) in [5.41, 5.74) is 0. The predicted molar refractivity (Wildman–Crippen MR) is 51.2 cm³/mol. The maximum atomic E-state index is 10.9. The fourth-order valence-corrected chi connectivity index (χ4v) is 1.59. The molecule has 0 saturated carbocycles. The molecule has 0 unspecified atom stereocenters. The molecular weight excluding hydrogens is 208 g/mol. The Hall–Kier alpha value is -0.620. The van der Waals surface area contributed by atoms with E-state index >= 15 is 0 Å². The van der Waals surface area contributed by atoms with Gasteiger partial charge in [0.15, 0.2) is 0 Å². The van der Waals surface area contributed by atoms with Gasteiger partial charge >= 0.3 is 5.97 Å². The number of methoxy groups -OCH3 is 1. The molecule has 0 amide bonds. The van der Waals surface area contributed by atoms with Gasteiger partial charge in [-0.1, -0.05) is 13.8 Å². The quantitative estimate of drug-likeness (QED) is 0.504. The molecule has 0 aliphatic carbocycles. The summed E-state index contributed by atoms with van der Waals surface area (Å²) in [5, 5.41) is 0. The van der Waals surface area contributed by atoms with Crippen molar-refractivity contribution in [3.8, 4) is 0 Å². The highest BCUT2D eigenvalue weighted by Gasteiger charge is 2.22. The first-order valence-electron chi connectivity index (χ1n) is 4.21. The Balaban J connectivity index is 4.39. The minimum atomic E-state index is -3.53. The zero-order valence-electron chi connectivity index (χ0n) is 8.81. The smallest absolute Gasteiger partial charge is 0.308 e. The molecule has 6 heteroatoms. The topological polar surface area (TPSA) is 69.7 Å². The number of hydrogen-bond donors (Lipinski definition) is 0. The van der Waals surface area contributed by atoms with E-state index in [1.54, 1.807) is 13.8 Å². The predicted octanol–water partition coefficient (Wildman–Crippen LogP) is 0.550. The van der Waals surface area contributed by atoms with Gasteiger partial charge in [-0.3, -0.25) is 8.98 Å². The molecule has 1 atom stereocenters. The molecule has 0 spiro atoms. The Kier molecular flexibility index (Phi) is 5.07. The summed E-state index contributed by atoms with van der Waals surface area (Å²) in [6, 6.07) is 0. The van der Waals surface area contributed by atoms with E-state index in [9.17, 15) is 13.2 Å². The van der Waals surface area contributed by atoms with Gasteiger partial charge in [0, 0.05) is 0 Å². The van der Waals surface area contributed by atoms with Crippen LogP contribution in [0.3, 0.4) is 0 Å². The zero-order chi connectivity index (χ0) is 11.4. The van der Waals surface area contributed by atoms with Gasteiger partial charge in [-0.05, 0) is 5.92 Å². The second-order valence-electron chi connectivity index (χ2n) is 3.36. The third-order valence-corrected chi connectivity index (χ3v) is 2.23. The van der Waals surface area contributed by atoms with E-state index in [1.165, 1.54) is 7.11 Å². The summed E-state index contributed by atoms with van der Waals surface area (Å²) in [5.74, 6) is -0.545. The lowest BCUT2D eigenvalue weighted by Gasteiger charge is -2.18. The second kappa shape index (κ2) is 5.31. The van der Waals surface area contributed by atoms with Crippen molar-refractivity contribution in [1.82, 2.24) is 0 Å². The fourth-order valence-electron chi connectivity index (χ4n) is 0.853. The van der Waals surface area contributed by atoms with E-state index in [2.05, 4.69) is 4.74 Å². The van der Waals surface area contributed by atoms with Crippen LogP contribution in [0.4, 0.5) is 0 Å². The molecule has 5 nitrogen and oxygen atoms in total. The molecule has 0 rings (SSSR count). The number of hydrogen-bond acceptors (Lipinski definition) is 5. The van der Waals surface area contributed by atoms with Crippen molar-refractivity contribution < 1.29 is 22.1 Å². The first kappa shape index (κ1) is 13.4. The molecule has 0 radical (unpaired) electrons. The highest BCUT2D eigenvalue weighted by atomic mass is 32.2. The van der Waals surface area contributed by atoms with E-state index in [4.69, 9.17) is 4.18 Å². The van der Waals surface area contributed by atoms with Gasteiger partial charge in [-0.25, -0.2) is 0 Å². The summed E-state index contributed by atoms with van der Waals surface area (Å²) in [6.45, 7) is 3.55. The molecule has 0 N–H and O–H groups in total. The molecule has 0 aliphatic heterocycles. The monoisotopic (exact) mass is 224 g/mol. The van der Waals surface area contributed by atoms with Crippen molar-refractivity contribution in [2.75, 3.05) is 13.4 Å². The molecule has 0 aromatic heterocycles. The van der Waals surface area contributed by atoms with Gasteiger partial charge in [0.2, 0.25) is 0 Å². The lowest BCUT2D eigenvalue weighted by Crippen LogP contribution is -2.26. The van der Waals surface area contributed by atoms with Gasteiger partial charge in [0.1, 0.15) is 0 Å². The minimum Gasteiger partial charge on any atom is -0.469 e. The second-order valence-corrected chi connectivity index (χ2v) is 4.96. The molecule has 84 valence electrons. The number of carbonyl (C=O) groups is 1. The van der Waals surface area contributed by atoms with Crippen LogP contribution in [0.15, 0.2) is 0 Å². The van der Waals surface area contributed by atoms with E-state index in [1.807, 2.05) is 0 Å². The third-order valence-electron chi connectivity index (χ3n) is 1.64. The molecule has 0 aliphatic rings. The Morgan fingerprint density at radius 3 is 2.14 bits per heavy atom. The lowest BCUT2D eigenvalue weighted by atomic mass is 10.1. The van der Waals surface area contributed by atoms with E-state index < -0.39 is 22.2 Å². The van der Waals surface area contributed by atoms with Gasteiger partial charge in [-0.2, -0.15) is 8.42 Å². The molecule has 0 aromatic carbocycles. The van der Waals surface area contributed by atoms with Crippen molar-refractivity contribution in [3.05, 3.63) is 0 Å². The van der Waals surface area contributed by atoms with E-state index in [0.717, 1.165) is 6.26 Å². The van der Waals surface area contributed by atoms with Crippen LogP contribution < -0.4 is 0 Å². The average Bonchev–Trinajstić information content (AvgIpc) is 2.00. The molecule has 14 heavy (non-hydrogen) atoms. The molecule has 0 heterocycles. The fraction of sp³-hybridized carbons (Fsp3) is 0.875. The van der Waals surface area contributed by atoms with Gasteiger partial charge in [-0.15, -0.1) is 0 Å². The van der Waals surface area contributed by atoms with Crippen LogP contribution in [0.25, 0.3) is 0 Å². The largest absolute Gasteiger partial charge is 0.469 e. The Labute approximate surface area is 84.5 Å². The molecule has 0 aromatic rings. The van der Waals surface area contributed by atoms with Crippen molar-refractivity contribution >= 4 is 16.1 Å². The molecule has 0 saturated heterocycles. The van der Waals surface area contributed by atoms with Crippen LogP contribution in [0, 0.1) is 5.92 Å². The van der Waals surface area contributed by atoms with E-state index in [0.29, 0.717) is 0 Å². The Morgan fingerprint density at radius 1 is 1.36 bits per heavy atom. The third kappa shape index (κ3) is 5.93. The minimum absolute atomic E-state index is 0.0543. The Bertz CT molecular complexity index is 280. The van der Waals surface area contributed by atoms with Crippen LogP contribution in [0.1, 0.15) is 20.3 Å². The van der Waals surface area contributed by atoms with Crippen molar-refractivity contribution in [3.63, 3.8) is 0 Å². The van der Waals surface area contributed by atoms with Gasteiger partial charge in [0.05, 0.1) is 25.9 Å². The molecular formula is C8H16O5S. The maximum absolute atomic E-state index is 10.9. The first-order valence-corrected chi connectivity index (χ1v) is 6.03. The molecule has 0 fully saturated rings. The van der Waals surface area contributed by atoms with Crippen molar-refractivity contribution in [1.29, 1.82) is 0 Å². The lowest BCUT2D eigenvalue weighted by molar-refractivity contribution is -0.142. The van der Waals surface area contributed by atoms with Crippen molar-refractivity contribution in [2.24, 2.45) is 5.92 Å². The normalized spacial score (nSPS) is 14.1. The first-order chi connectivity index (χ1) is 6.26. The molecule has 0 bridgehead atoms.